The summed E-state index contributed by atoms with van der Waals surface area (Å²) in [7, 11) is 3.10. The smallest absolute Gasteiger partial charge is 0.410 e. The molecule has 1 saturated carbocycles. The molecule has 2 rings (SSSR count). The van der Waals surface area contributed by atoms with E-state index in [0.717, 1.165) is 19.3 Å². The lowest BCUT2D eigenvalue weighted by atomic mass is 9.73. The predicted octanol–water partition coefficient (Wildman–Crippen LogP) is 2.56. The van der Waals surface area contributed by atoms with E-state index in [0.29, 0.717) is 31.5 Å². The Kier molecular flexibility index (Phi) is 11.6. The molecule has 1 saturated heterocycles. The van der Waals surface area contributed by atoms with Crippen molar-refractivity contribution in [3.8, 4) is 6.07 Å². The highest BCUT2D eigenvalue weighted by molar-refractivity contribution is 5.81. The van der Waals surface area contributed by atoms with Crippen LogP contribution in [0.1, 0.15) is 46.5 Å². The quantitative estimate of drug-likeness (QED) is 0.618. The van der Waals surface area contributed by atoms with Crippen LogP contribution in [0.3, 0.4) is 0 Å². The van der Waals surface area contributed by atoms with Gasteiger partial charge in [0, 0.05) is 6.54 Å². The van der Waals surface area contributed by atoms with Gasteiger partial charge in [0.25, 0.3) is 0 Å². The maximum atomic E-state index is 12.0. The Hall–Kier alpha value is -1.81. The molecular formula is C18H33N3O4. The lowest BCUT2D eigenvalue weighted by Gasteiger charge is -2.44. The van der Waals surface area contributed by atoms with Gasteiger partial charge in [-0.2, -0.15) is 5.26 Å². The van der Waals surface area contributed by atoms with Gasteiger partial charge in [-0.05, 0) is 38.6 Å². The monoisotopic (exact) mass is 355 g/mol. The highest BCUT2D eigenvalue weighted by Gasteiger charge is 2.43. The van der Waals surface area contributed by atoms with Crippen LogP contribution in [0, 0.1) is 23.2 Å². The molecule has 1 heterocycles. The zero-order chi connectivity index (χ0) is 17.9. The van der Waals surface area contributed by atoms with Crippen molar-refractivity contribution in [3.63, 3.8) is 0 Å². The lowest BCUT2D eigenvalue weighted by Crippen LogP contribution is -2.54. The van der Waals surface area contributed by atoms with Gasteiger partial charge in [-0.25, -0.2) is 9.59 Å². The zero-order valence-corrected chi connectivity index (χ0v) is 14.9. The van der Waals surface area contributed by atoms with E-state index in [2.05, 4.69) is 5.32 Å². The number of hydrogen-bond donors (Lipinski definition) is 1. The molecule has 3 unspecified atom stereocenters. The molecule has 0 aromatic heterocycles. The molecular weight excluding hydrogens is 322 g/mol. The highest BCUT2D eigenvalue weighted by atomic mass is 16.6. The third-order valence-corrected chi connectivity index (χ3v) is 4.62. The molecule has 1 aliphatic heterocycles. The normalized spacial score (nSPS) is 24.4. The maximum Gasteiger partial charge on any atom is 0.410 e. The van der Waals surface area contributed by atoms with E-state index in [1.54, 1.807) is 18.9 Å². The van der Waals surface area contributed by atoms with Crippen molar-refractivity contribution in [2.45, 2.75) is 52.5 Å². The average molecular weight is 355 g/mol. The summed E-state index contributed by atoms with van der Waals surface area (Å²) < 4.78 is 9.90. The van der Waals surface area contributed by atoms with Crippen LogP contribution in [0.4, 0.5) is 4.79 Å². The number of fused-ring (bicyclic) bond motifs is 1. The Morgan fingerprint density at radius 2 is 1.92 bits per heavy atom. The van der Waals surface area contributed by atoms with Gasteiger partial charge in [-0.15, -0.1) is 0 Å². The molecule has 2 fully saturated rings. The molecule has 3 atom stereocenters. The van der Waals surface area contributed by atoms with E-state index < -0.39 is 12.1 Å². The molecule has 144 valence electrons. The molecule has 2 aliphatic rings. The van der Waals surface area contributed by atoms with E-state index in [-0.39, 0.29) is 13.4 Å². The van der Waals surface area contributed by atoms with Gasteiger partial charge >= 0.3 is 12.1 Å². The summed E-state index contributed by atoms with van der Waals surface area (Å²) in [5, 5.41) is 10.4. The summed E-state index contributed by atoms with van der Waals surface area (Å²) in [6.07, 6.45) is 5.07. The fourth-order valence-electron chi connectivity index (χ4n) is 3.49. The fourth-order valence-corrected chi connectivity index (χ4v) is 3.49. The Balaban J connectivity index is 0.000000848. The first-order valence-electron chi connectivity index (χ1n) is 8.61. The lowest BCUT2D eigenvalue weighted by molar-refractivity contribution is -0.152. The molecule has 25 heavy (non-hydrogen) atoms. The standard InChI is InChI=1S/C14H23NO4.C3H6N2.CH4/c1-3-19-13(16)12-8-10-6-4-5-7-11(10)9-15(12)14(17)18-2;1-5-3-2-4;/h10-12H,3-9H2,1-2H3;5H,3H2,1H3;1H4. The number of hydrogen-bond acceptors (Lipinski definition) is 6. The van der Waals surface area contributed by atoms with Crippen molar-refractivity contribution >= 4 is 12.1 Å². The molecule has 7 heteroatoms. The molecule has 7 nitrogen and oxygen atoms in total. The van der Waals surface area contributed by atoms with Gasteiger partial charge in [0.05, 0.1) is 26.3 Å². The maximum absolute atomic E-state index is 12.0. The first kappa shape index (κ1) is 23.2. The first-order valence-corrected chi connectivity index (χ1v) is 8.61. The minimum absolute atomic E-state index is 0. The first-order chi connectivity index (χ1) is 11.6. The van der Waals surface area contributed by atoms with Crippen molar-refractivity contribution in [3.05, 3.63) is 0 Å². The van der Waals surface area contributed by atoms with Crippen LogP contribution < -0.4 is 5.32 Å². The summed E-state index contributed by atoms with van der Waals surface area (Å²) in [6, 6.07) is 1.44. The van der Waals surface area contributed by atoms with Gasteiger partial charge in [-0.1, -0.05) is 26.7 Å². The number of piperidine rings is 1. The fraction of sp³-hybridized carbons (Fsp3) is 0.833. The second-order valence-corrected chi connectivity index (χ2v) is 6.12. The Morgan fingerprint density at radius 1 is 1.28 bits per heavy atom. The number of methoxy groups -OCH3 is 1. The molecule has 0 radical (unpaired) electrons. The van der Waals surface area contributed by atoms with Gasteiger partial charge < -0.3 is 14.8 Å². The van der Waals surface area contributed by atoms with Crippen LogP contribution in [-0.2, 0) is 14.3 Å². The third kappa shape index (κ3) is 6.91. The highest BCUT2D eigenvalue weighted by Crippen LogP contribution is 2.39. The van der Waals surface area contributed by atoms with Crippen LogP contribution in [0.25, 0.3) is 0 Å². The minimum atomic E-state index is -0.466. The number of esters is 1. The van der Waals surface area contributed by atoms with Gasteiger partial charge in [0.15, 0.2) is 0 Å². The Labute approximate surface area is 151 Å². The third-order valence-electron chi connectivity index (χ3n) is 4.62. The van der Waals surface area contributed by atoms with Gasteiger partial charge in [0.2, 0.25) is 0 Å². The van der Waals surface area contributed by atoms with Crippen molar-refractivity contribution < 1.29 is 19.1 Å². The molecule has 0 spiro atoms. The number of nitriles is 1. The molecule has 1 N–H and O–H groups in total. The molecule has 0 bridgehead atoms. The predicted molar refractivity (Wildman–Crippen MR) is 95.9 cm³/mol. The number of carbonyl (C=O) groups is 2. The van der Waals surface area contributed by atoms with Crippen molar-refractivity contribution in [1.82, 2.24) is 10.2 Å². The largest absolute Gasteiger partial charge is 0.464 e. The molecule has 1 aliphatic carbocycles. The van der Waals surface area contributed by atoms with E-state index in [1.165, 1.54) is 20.0 Å². The second kappa shape index (κ2) is 12.5. The van der Waals surface area contributed by atoms with Crippen LogP contribution in [0.15, 0.2) is 0 Å². The van der Waals surface area contributed by atoms with E-state index in [9.17, 15) is 9.59 Å². The Morgan fingerprint density at radius 3 is 2.40 bits per heavy atom. The van der Waals surface area contributed by atoms with E-state index in [4.69, 9.17) is 14.7 Å². The summed E-state index contributed by atoms with van der Waals surface area (Å²) >= 11 is 0. The summed E-state index contributed by atoms with van der Waals surface area (Å²) in [6.45, 7) is 3.20. The molecule has 0 aromatic carbocycles. The second-order valence-electron chi connectivity index (χ2n) is 6.12. The summed E-state index contributed by atoms with van der Waals surface area (Å²) in [5.74, 6) is 0.763. The SMILES string of the molecule is C.CCOC(=O)C1CC2CCCCC2CN1C(=O)OC.CNCC#N. The molecule has 0 aromatic rings. The topological polar surface area (TPSA) is 91.7 Å². The summed E-state index contributed by atoms with van der Waals surface area (Å²) in [5.41, 5.74) is 0. The number of carbonyl (C=O) groups excluding carboxylic acids is 2. The number of ether oxygens (including phenoxy) is 2. The number of nitrogens with one attached hydrogen (secondary N) is 1. The number of amides is 1. The van der Waals surface area contributed by atoms with Crippen LogP contribution in [0.2, 0.25) is 0 Å². The van der Waals surface area contributed by atoms with Crippen LogP contribution in [-0.4, -0.2) is 56.9 Å². The zero-order valence-electron chi connectivity index (χ0n) is 14.9. The van der Waals surface area contributed by atoms with Crippen LogP contribution in [0.5, 0.6) is 0 Å². The summed E-state index contributed by atoms with van der Waals surface area (Å²) in [4.78, 5) is 25.4. The van der Waals surface area contributed by atoms with E-state index in [1.807, 2.05) is 6.07 Å². The number of likely N-dealkylation sites (tertiary alicyclic amines) is 1. The van der Waals surface area contributed by atoms with Crippen molar-refractivity contribution in [2.75, 3.05) is 33.9 Å². The minimum Gasteiger partial charge on any atom is -0.464 e. The van der Waals surface area contributed by atoms with Gasteiger partial charge in [0.1, 0.15) is 6.04 Å². The van der Waals surface area contributed by atoms with Crippen molar-refractivity contribution in [2.24, 2.45) is 11.8 Å². The Bertz CT molecular complexity index is 450. The molecule has 1 amide bonds. The number of rotatable bonds is 3. The van der Waals surface area contributed by atoms with Gasteiger partial charge in [-0.3, -0.25) is 4.90 Å². The van der Waals surface area contributed by atoms with Crippen LogP contribution >= 0.6 is 0 Å². The van der Waals surface area contributed by atoms with Crippen molar-refractivity contribution in [1.29, 1.82) is 5.26 Å². The number of nitrogens with zero attached hydrogens (tertiary/aromatic N) is 2. The average Bonchev–Trinajstić information content (AvgIpc) is 2.61. The van der Waals surface area contributed by atoms with E-state index >= 15 is 0 Å².